The molecule has 1 saturated carbocycles. The Morgan fingerprint density at radius 2 is 2.22 bits per heavy atom. The van der Waals surface area contributed by atoms with Crippen LogP contribution in [0.15, 0.2) is 18.2 Å². The number of hydrogen-bond acceptors (Lipinski definition) is 4. The molecule has 92 valence electrons. The van der Waals surface area contributed by atoms with Gasteiger partial charge in [0.1, 0.15) is 0 Å². The second kappa shape index (κ2) is 3.90. The fraction of sp³-hybridized carbons (Fsp3) is 0.333. The lowest BCUT2D eigenvalue weighted by molar-refractivity contribution is 0.0697. The number of carbonyl (C=O) groups is 1. The molecule has 0 saturated heterocycles. The molecule has 6 nitrogen and oxygen atoms in total. The normalized spacial score (nSPS) is 14.7. The number of aromatic nitrogens is 4. The van der Waals surface area contributed by atoms with E-state index in [4.69, 9.17) is 5.11 Å². The predicted molar refractivity (Wildman–Crippen MR) is 62.8 cm³/mol. The van der Waals surface area contributed by atoms with Crippen LogP contribution in [0.25, 0.3) is 5.69 Å². The Kier molecular flexibility index (Phi) is 2.36. The first kappa shape index (κ1) is 10.9. The number of hydrogen-bond donors (Lipinski definition) is 1. The summed E-state index contributed by atoms with van der Waals surface area (Å²) >= 11 is 0. The van der Waals surface area contributed by atoms with E-state index in [1.54, 1.807) is 22.9 Å². The Morgan fingerprint density at radius 1 is 1.44 bits per heavy atom. The maximum Gasteiger partial charge on any atom is 0.335 e. The summed E-state index contributed by atoms with van der Waals surface area (Å²) in [5.74, 6) is 0.283. The minimum Gasteiger partial charge on any atom is -0.478 e. The molecular weight excluding hydrogens is 232 g/mol. The summed E-state index contributed by atoms with van der Waals surface area (Å²) in [4.78, 5) is 11.0. The first-order valence-electron chi connectivity index (χ1n) is 5.79. The van der Waals surface area contributed by atoms with Gasteiger partial charge in [-0.1, -0.05) is 6.07 Å². The van der Waals surface area contributed by atoms with Crippen molar-refractivity contribution >= 4 is 5.97 Å². The Hall–Kier alpha value is -2.24. The zero-order valence-corrected chi connectivity index (χ0v) is 9.87. The van der Waals surface area contributed by atoms with Gasteiger partial charge >= 0.3 is 5.97 Å². The molecule has 0 atom stereocenters. The molecule has 1 aliphatic carbocycles. The van der Waals surface area contributed by atoms with E-state index in [-0.39, 0.29) is 5.56 Å². The van der Waals surface area contributed by atoms with E-state index in [0.29, 0.717) is 5.92 Å². The van der Waals surface area contributed by atoms with E-state index in [2.05, 4.69) is 15.5 Å². The summed E-state index contributed by atoms with van der Waals surface area (Å²) in [6.07, 6.45) is 2.19. The van der Waals surface area contributed by atoms with Crippen LogP contribution in [0.4, 0.5) is 0 Å². The topological polar surface area (TPSA) is 80.9 Å². The van der Waals surface area contributed by atoms with Gasteiger partial charge in [0.15, 0.2) is 5.82 Å². The summed E-state index contributed by atoms with van der Waals surface area (Å²) in [6, 6.07) is 4.97. The van der Waals surface area contributed by atoms with Crippen molar-refractivity contribution < 1.29 is 9.90 Å². The van der Waals surface area contributed by atoms with Gasteiger partial charge < -0.3 is 5.11 Å². The monoisotopic (exact) mass is 244 g/mol. The van der Waals surface area contributed by atoms with Crippen molar-refractivity contribution in [2.75, 3.05) is 0 Å². The number of carboxylic acid groups (broad SMARTS) is 1. The van der Waals surface area contributed by atoms with Crippen LogP contribution in [0.2, 0.25) is 0 Å². The maximum absolute atomic E-state index is 11.0. The molecule has 0 spiro atoms. The van der Waals surface area contributed by atoms with Crippen molar-refractivity contribution in [3.8, 4) is 5.69 Å². The summed E-state index contributed by atoms with van der Waals surface area (Å²) in [5.41, 5.74) is 1.93. The largest absolute Gasteiger partial charge is 0.478 e. The Balaban J connectivity index is 2.12. The highest BCUT2D eigenvalue weighted by atomic mass is 16.4. The average molecular weight is 244 g/mol. The molecule has 1 aliphatic rings. The van der Waals surface area contributed by atoms with E-state index in [1.165, 1.54) is 0 Å². The SMILES string of the molecule is Cc1ccc(C(=O)O)cc1-n1nnnc1C1CC1. The van der Waals surface area contributed by atoms with Crippen LogP contribution in [-0.4, -0.2) is 31.3 Å². The van der Waals surface area contributed by atoms with Crippen LogP contribution in [0.1, 0.15) is 40.5 Å². The molecule has 1 aromatic carbocycles. The van der Waals surface area contributed by atoms with Crippen molar-refractivity contribution in [1.82, 2.24) is 20.2 Å². The highest BCUT2D eigenvalue weighted by molar-refractivity contribution is 5.88. The number of nitrogens with zero attached hydrogens (tertiary/aromatic N) is 4. The molecule has 18 heavy (non-hydrogen) atoms. The Bertz CT molecular complexity index is 616. The average Bonchev–Trinajstić information content (AvgIpc) is 3.08. The van der Waals surface area contributed by atoms with Gasteiger partial charge in [0, 0.05) is 5.92 Å². The Morgan fingerprint density at radius 3 is 2.89 bits per heavy atom. The van der Waals surface area contributed by atoms with E-state index >= 15 is 0 Å². The van der Waals surface area contributed by atoms with Gasteiger partial charge in [-0.05, 0) is 47.9 Å². The first-order chi connectivity index (χ1) is 8.66. The second-order valence-electron chi connectivity index (χ2n) is 4.53. The fourth-order valence-electron chi connectivity index (χ4n) is 1.93. The highest BCUT2D eigenvalue weighted by Gasteiger charge is 2.30. The number of aromatic carboxylic acids is 1. The Labute approximate surface area is 103 Å². The molecule has 0 amide bonds. The zero-order valence-electron chi connectivity index (χ0n) is 9.87. The van der Waals surface area contributed by atoms with Crippen LogP contribution in [0.5, 0.6) is 0 Å². The predicted octanol–water partition coefficient (Wildman–Crippen LogP) is 1.55. The number of carboxylic acids is 1. The van der Waals surface area contributed by atoms with Gasteiger partial charge in [0.05, 0.1) is 11.3 Å². The quantitative estimate of drug-likeness (QED) is 0.885. The van der Waals surface area contributed by atoms with Crippen molar-refractivity contribution in [3.63, 3.8) is 0 Å². The van der Waals surface area contributed by atoms with Crippen molar-refractivity contribution in [1.29, 1.82) is 0 Å². The third kappa shape index (κ3) is 1.75. The fourth-order valence-corrected chi connectivity index (χ4v) is 1.93. The number of benzene rings is 1. The van der Waals surface area contributed by atoms with Crippen LogP contribution in [0.3, 0.4) is 0 Å². The van der Waals surface area contributed by atoms with E-state index < -0.39 is 5.97 Å². The standard InChI is InChI=1S/C12H12N4O2/c1-7-2-3-9(12(17)18)6-10(7)16-11(8-4-5-8)13-14-15-16/h2-3,6,8H,4-5H2,1H3,(H,17,18). The summed E-state index contributed by atoms with van der Waals surface area (Å²) in [5, 5.41) is 20.7. The van der Waals surface area contributed by atoms with Crippen LogP contribution in [0, 0.1) is 6.92 Å². The third-order valence-electron chi connectivity index (χ3n) is 3.12. The van der Waals surface area contributed by atoms with Gasteiger partial charge in [-0.2, -0.15) is 4.68 Å². The number of tetrazole rings is 1. The summed E-state index contributed by atoms with van der Waals surface area (Å²) in [7, 11) is 0. The van der Waals surface area contributed by atoms with Gasteiger partial charge in [-0.25, -0.2) is 4.79 Å². The lowest BCUT2D eigenvalue weighted by Gasteiger charge is -2.08. The minimum absolute atomic E-state index is 0.243. The van der Waals surface area contributed by atoms with Gasteiger partial charge in [0.2, 0.25) is 0 Å². The van der Waals surface area contributed by atoms with E-state index in [9.17, 15) is 4.79 Å². The van der Waals surface area contributed by atoms with E-state index in [0.717, 1.165) is 29.9 Å². The smallest absolute Gasteiger partial charge is 0.335 e. The highest BCUT2D eigenvalue weighted by Crippen LogP contribution is 2.39. The molecule has 1 N–H and O–H groups in total. The molecule has 0 radical (unpaired) electrons. The molecule has 1 fully saturated rings. The van der Waals surface area contributed by atoms with Gasteiger partial charge in [-0.3, -0.25) is 0 Å². The molecule has 3 rings (SSSR count). The van der Waals surface area contributed by atoms with E-state index in [1.807, 2.05) is 6.92 Å². The zero-order chi connectivity index (χ0) is 12.7. The number of rotatable bonds is 3. The number of aryl methyl sites for hydroxylation is 1. The molecule has 2 aromatic rings. The van der Waals surface area contributed by atoms with Crippen molar-refractivity contribution in [2.45, 2.75) is 25.7 Å². The molecule has 1 heterocycles. The molecular formula is C12H12N4O2. The van der Waals surface area contributed by atoms with Crippen molar-refractivity contribution in [2.24, 2.45) is 0 Å². The molecule has 0 bridgehead atoms. The first-order valence-corrected chi connectivity index (χ1v) is 5.79. The van der Waals surface area contributed by atoms with Crippen LogP contribution in [-0.2, 0) is 0 Å². The molecule has 1 aromatic heterocycles. The minimum atomic E-state index is -0.947. The second-order valence-corrected chi connectivity index (χ2v) is 4.53. The third-order valence-corrected chi connectivity index (χ3v) is 3.12. The molecule has 6 heteroatoms. The van der Waals surface area contributed by atoms with Gasteiger partial charge in [-0.15, -0.1) is 5.10 Å². The molecule has 0 aliphatic heterocycles. The lowest BCUT2D eigenvalue weighted by Crippen LogP contribution is -2.06. The van der Waals surface area contributed by atoms with Crippen molar-refractivity contribution in [3.05, 3.63) is 35.2 Å². The summed E-state index contributed by atoms with van der Waals surface area (Å²) in [6.45, 7) is 1.92. The van der Waals surface area contributed by atoms with Crippen LogP contribution >= 0.6 is 0 Å². The van der Waals surface area contributed by atoms with Gasteiger partial charge in [0.25, 0.3) is 0 Å². The molecule has 0 unspecified atom stereocenters. The lowest BCUT2D eigenvalue weighted by atomic mass is 10.1. The summed E-state index contributed by atoms with van der Waals surface area (Å²) < 4.78 is 1.65. The maximum atomic E-state index is 11.0. The van der Waals surface area contributed by atoms with Crippen LogP contribution < -0.4 is 0 Å².